The maximum absolute atomic E-state index is 10.7. The van der Waals surface area contributed by atoms with Crippen LogP contribution in [0.3, 0.4) is 0 Å². The van der Waals surface area contributed by atoms with Crippen LogP contribution in [0.1, 0.15) is 19.8 Å². The molecule has 0 aliphatic carbocycles. The summed E-state index contributed by atoms with van der Waals surface area (Å²) in [4.78, 5) is 12.4. The van der Waals surface area contributed by atoms with Gasteiger partial charge in [0.2, 0.25) is 0 Å². The summed E-state index contributed by atoms with van der Waals surface area (Å²) in [5.74, 6) is 0.563. The topological polar surface area (TPSA) is 59.0 Å². The molecule has 2 aromatic carbocycles. The number of hydrogen-bond donors (Lipinski definition) is 1. The molecule has 2 aromatic rings. The molecule has 0 radical (unpaired) electrons. The number of carboxylic acids is 1. The Bertz CT molecular complexity index is 688. The van der Waals surface area contributed by atoms with E-state index in [1.54, 1.807) is 11.9 Å². The number of carboxylic acid groups (broad SMARTS) is 1. The Kier molecular flexibility index (Phi) is 7.96. The van der Waals surface area contributed by atoms with Gasteiger partial charge in [-0.15, -0.1) is 0 Å². The Balaban J connectivity index is 2.07. The van der Waals surface area contributed by atoms with E-state index in [-0.39, 0.29) is 6.54 Å². The number of benzene rings is 2. The van der Waals surface area contributed by atoms with Crippen molar-refractivity contribution in [3.63, 3.8) is 0 Å². The predicted molar refractivity (Wildman–Crippen MR) is 103 cm³/mol. The average Bonchev–Trinajstić information content (AvgIpc) is 2.63. The predicted octanol–water partition coefficient (Wildman–Crippen LogP) is 3.93. The highest BCUT2D eigenvalue weighted by Crippen LogP contribution is 2.33. The lowest BCUT2D eigenvalue weighted by Crippen LogP contribution is -2.29. The minimum atomic E-state index is -0.844. The van der Waals surface area contributed by atoms with Crippen molar-refractivity contribution in [1.82, 2.24) is 4.90 Å². The van der Waals surface area contributed by atoms with Gasteiger partial charge >= 0.3 is 5.97 Å². The second-order valence-corrected chi connectivity index (χ2v) is 6.21. The first-order chi connectivity index (χ1) is 12.6. The van der Waals surface area contributed by atoms with Crippen LogP contribution in [0.5, 0.6) is 11.5 Å². The summed E-state index contributed by atoms with van der Waals surface area (Å²) in [5, 5.41) is 8.80. The van der Waals surface area contributed by atoms with Gasteiger partial charge in [0.1, 0.15) is 6.61 Å². The van der Waals surface area contributed by atoms with Crippen molar-refractivity contribution in [2.45, 2.75) is 19.8 Å². The number of likely N-dealkylation sites (N-methyl/N-ethyl adjacent to an activating group) is 1. The molecule has 0 heterocycles. The summed E-state index contributed by atoms with van der Waals surface area (Å²) in [6, 6.07) is 16.1. The summed E-state index contributed by atoms with van der Waals surface area (Å²) >= 11 is 0. The Morgan fingerprint density at radius 2 is 1.73 bits per heavy atom. The third-order valence-corrected chi connectivity index (χ3v) is 3.94. The van der Waals surface area contributed by atoms with Crippen molar-refractivity contribution < 1.29 is 19.4 Å². The number of unbranched alkanes of at least 4 members (excludes halogenated alkanes) is 1. The van der Waals surface area contributed by atoms with Gasteiger partial charge in [0, 0.05) is 6.54 Å². The third kappa shape index (κ3) is 6.41. The fourth-order valence-corrected chi connectivity index (χ4v) is 2.50. The van der Waals surface area contributed by atoms with Crippen molar-refractivity contribution in [2.24, 2.45) is 0 Å². The molecular weight excluding hydrogens is 330 g/mol. The zero-order valence-corrected chi connectivity index (χ0v) is 15.5. The molecule has 0 unspecified atom stereocenters. The standard InChI is InChI=1S/C21H27NO4/c1-3-4-13-25-20-15-18(17-8-6-5-7-9-17)10-11-19(20)26-14-12-22(2)16-21(23)24/h5-11,15H,3-4,12-14,16H2,1-2H3,(H,23,24). The molecule has 1 N–H and O–H groups in total. The molecule has 0 atom stereocenters. The monoisotopic (exact) mass is 357 g/mol. The van der Waals surface area contributed by atoms with Crippen LogP contribution >= 0.6 is 0 Å². The van der Waals surface area contributed by atoms with Crippen LogP contribution < -0.4 is 9.47 Å². The zero-order chi connectivity index (χ0) is 18.8. The molecule has 0 aliphatic rings. The lowest BCUT2D eigenvalue weighted by Gasteiger charge is -2.17. The van der Waals surface area contributed by atoms with Crippen molar-refractivity contribution in [3.8, 4) is 22.6 Å². The molecule has 0 fully saturated rings. The molecule has 5 nitrogen and oxygen atoms in total. The van der Waals surface area contributed by atoms with E-state index in [1.807, 2.05) is 36.4 Å². The van der Waals surface area contributed by atoms with Crippen LogP contribution in [0, 0.1) is 0 Å². The molecule has 0 aromatic heterocycles. The average molecular weight is 357 g/mol. The second-order valence-electron chi connectivity index (χ2n) is 6.21. The molecule has 140 valence electrons. The van der Waals surface area contributed by atoms with E-state index in [9.17, 15) is 4.79 Å². The van der Waals surface area contributed by atoms with Gasteiger partial charge in [-0.3, -0.25) is 9.69 Å². The van der Waals surface area contributed by atoms with Gasteiger partial charge in [0.15, 0.2) is 11.5 Å². The smallest absolute Gasteiger partial charge is 0.317 e. The lowest BCUT2D eigenvalue weighted by atomic mass is 10.1. The van der Waals surface area contributed by atoms with E-state index in [0.717, 1.165) is 29.7 Å². The summed E-state index contributed by atoms with van der Waals surface area (Å²) in [6.45, 7) is 3.69. The molecule has 0 saturated carbocycles. The van der Waals surface area contributed by atoms with Crippen LogP contribution in [0.15, 0.2) is 48.5 Å². The summed E-state index contributed by atoms with van der Waals surface area (Å²) in [6.07, 6.45) is 2.05. The highest BCUT2D eigenvalue weighted by atomic mass is 16.5. The van der Waals surface area contributed by atoms with Gasteiger partial charge in [0.25, 0.3) is 0 Å². The van der Waals surface area contributed by atoms with Crippen LogP contribution in [-0.2, 0) is 4.79 Å². The molecule has 0 amide bonds. The number of nitrogens with zero attached hydrogens (tertiary/aromatic N) is 1. The van der Waals surface area contributed by atoms with Gasteiger partial charge in [-0.2, -0.15) is 0 Å². The normalized spacial score (nSPS) is 10.7. The van der Waals surface area contributed by atoms with Crippen molar-refractivity contribution in [3.05, 3.63) is 48.5 Å². The number of hydrogen-bond acceptors (Lipinski definition) is 4. The van der Waals surface area contributed by atoms with Gasteiger partial charge in [-0.25, -0.2) is 0 Å². The SMILES string of the molecule is CCCCOc1cc(-c2ccccc2)ccc1OCCN(C)CC(=O)O. The van der Waals surface area contributed by atoms with E-state index in [2.05, 4.69) is 19.1 Å². The minimum Gasteiger partial charge on any atom is -0.490 e. The number of aliphatic carboxylic acids is 1. The van der Waals surface area contributed by atoms with Crippen LogP contribution in [0.4, 0.5) is 0 Å². The van der Waals surface area contributed by atoms with E-state index in [1.165, 1.54) is 0 Å². The molecular formula is C21H27NO4. The van der Waals surface area contributed by atoms with Crippen molar-refractivity contribution in [1.29, 1.82) is 0 Å². The Labute approximate surface area is 155 Å². The van der Waals surface area contributed by atoms with Crippen LogP contribution in [0.2, 0.25) is 0 Å². The minimum absolute atomic E-state index is 0.00381. The first-order valence-electron chi connectivity index (χ1n) is 8.95. The zero-order valence-electron chi connectivity index (χ0n) is 15.5. The van der Waals surface area contributed by atoms with Gasteiger partial charge in [0.05, 0.1) is 13.2 Å². The first-order valence-corrected chi connectivity index (χ1v) is 8.95. The van der Waals surface area contributed by atoms with Crippen molar-refractivity contribution >= 4 is 5.97 Å². The van der Waals surface area contributed by atoms with Crippen molar-refractivity contribution in [2.75, 3.05) is 33.4 Å². The Morgan fingerprint density at radius 3 is 2.42 bits per heavy atom. The number of rotatable bonds is 11. The largest absolute Gasteiger partial charge is 0.490 e. The maximum atomic E-state index is 10.7. The molecule has 0 bridgehead atoms. The number of carbonyl (C=O) groups is 1. The Morgan fingerprint density at radius 1 is 1.00 bits per heavy atom. The van der Waals surface area contributed by atoms with Gasteiger partial charge in [-0.05, 0) is 36.7 Å². The summed E-state index contributed by atoms with van der Waals surface area (Å²) in [7, 11) is 1.76. The lowest BCUT2D eigenvalue weighted by molar-refractivity contribution is -0.138. The van der Waals surface area contributed by atoms with E-state index in [0.29, 0.717) is 25.5 Å². The second kappa shape index (κ2) is 10.5. The number of ether oxygens (including phenoxy) is 2. The molecule has 0 spiro atoms. The summed E-state index contributed by atoms with van der Waals surface area (Å²) < 4.78 is 11.8. The van der Waals surface area contributed by atoms with E-state index >= 15 is 0 Å². The fourth-order valence-electron chi connectivity index (χ4n) is 2.50. The van der Waals surface area contributed by atoms with E-state index < -0.39 is 5.97 Å². The van der Waals surface area contributed by atoms with Gasteiger partial charge in [-0.1, -0.05) is 49.7 Å². The molecule has 5 heteroatoms. The molecule has 2 rings (SSSR count). The van der Waals surface area contributed by atoms with Gasteiger partial charge < -0.3 is 14.6 Å². The third-order valence-electron chi connectivity index (χ3n) is 3.94. The maximum Gasteiger partial charge on any atom is 0.317 e. The van der Waals surface area contributed by atoms with Crippen LogP contribution in [-0.4, -0.2) is 49.3 Å². The van der Waals surface area contributed by atoms with Crippen LogP contribution in [0.25, 0.3) is 11.1 Å². The quantitative estimate of drug-likeness (QED) is 0.618. The highest BCUT2D eigenvalue weighted by Gasteiger charge is 2.10. The van der Waals surface area contributed by atoms with E-state index in [4.69, 9.17) is 14.6 Å². The molecule has 0 saturated heterocycles. The summed E-state index contributed by atoms with van der Waals surface area (Å²) in [5.41, 5.74) is 2.20. The fraction of sp³-hybridized carbons (Fsp3) is 0.381. The highest BCUT2D eigenvalue weighted by molar-refractivity contribution is 5.69. The Hall–Kier alpha value is -2.53. The first kappa shape index (κ1) is 19.8. The molecule has 26 heavy (non-hydrogen) atoms. The molecule has 0 aliphatic heterocycles.